The molecule has 19 heavy (non-hydrogen) atoms. The summed E-state index contributed by atoms with van der Waals surface area (Å²) in [5.74, 6) is 0. The summed E-state index contributed by atoms with van der Waals surface area (Å²) in [6.45, 7) is 4.90. The van der Waals surface area contributed by atoms with E-state index in [9.17, 15) is 0 Å². The van der Waals surface area contributed by atoms with E-state index in [0.29, 0.717) is 0 Å². The number of aryl methyl sites for hydroxylation is 1. The lowest BCUT2D eigenvalue weighted by Crippen LogP contribution is -2.44. The van der Waals surface area contributed by atoms with Crippen molar-refractivity contribution in [2.75, 3.05) is 6.61 Å². The molecule has 1 aliphatic carbocycles. The predicted molar refractivity (Wildman–Crippen MR) is 78.0 cm³/mol. The molecule has 3 heteroatoms. The molecule has 3 nitrogen and oxygen atoms in total. The van der Waals surface area contributed by atoms with Gasteiger partial charge in [0.05, 0.1) is 11.6 Å². The van der Waals surface area contributed by atoms with Gasteiger partial charge in [-0.05, 0) is 43.9 Å². The summed E-state index contributed by atoms with van der Waals surface area (Å²) in [6.07, 6.45) is 10.9. The van der Waals surface area contributed by atoms with Crippen molar-refractivity contribution in [3.63, 3.8) is 0 Å². The fraction of sp³-hybridized carbons (Fsp3) is 0.688. The molecule has 0 aromatic carbocycles. The van der Waals surface area contributed by atoms with Crippen LogP contribution in [-0.4, -0.2) is 17.2 Å². The van der Waals surface area contributed by atoms with Gasteiger partial charge in [0, 0.05) is 19.0 Å². The van der Waals surface area contributed by atoms with Crippen molar-refractivity contribution in [3.8, 4) is 0 Å². The van der Waals surface area contributed by atoms with Gasteiger partial charge in [0.2, 0.25) is 0 Å². The standard InChI is InChI=1S/C16H26N2O/c1-3-19-16(9-6-4-5-7-10-16)15(17)14-12-18-11-8-13(14)2/h8,11-12,15H,3-7,9-10,17H2,1-2H3. The van der Waals surface area contributed by atoms with Crippen LogP contribution in [0.25, 0.3) is 0 Å². The lowest BCUT2D eigenvalue weighted by Gasteiger charge is -2.38. The second kappa shape index (κ2) is 6.49. The quantitative estimate of drug-likeness (QED) is 0.845. The van der Waals surface area contributed by atoms with Gasteiger partial charge in [-0.3, -0.25) is 4.98 Å². The summed E-state index contributed by atoms with van der Waals surface area (Å²) >= 11 is 0. The molecule has 0 spiro atoms. The molecule has 0 aliphatic heterocycles. The molecule has 1 heterocycles. The van der Waals surface area contributed by atoms with Crippen LogP contribution in [0, 0.1) is 6.92 Å². The monoisotopic (exact) mass is 262 g/mol. The average Bonchev–Trinajstić information content (AvgIpc) is 2.66. The number of hydrogen-bond donors (Lipinski definition) is 1. The molecule has 2 N–H and O–H groups in total. The van der Waals surface area contributed by atoms with Crippen LogP contribution in [0.15, 0.2) is 18.5 Å². The van der Waals surface area contributed by atoms with Gasteiger partial charge in [-0.15, -0.1) is 0 Å². The highest BCUT2D eigenvalue weighted by molar-refractivity contribution is 5.27. The van der Waals surface area contributed by atoms with Crippen molar-refractivity contribution in [2.45, 2.75) is 64.0 Å². The Bertz CT molecular complexity index is 397. The Morgan fingerprint density at radius 3 is 2.58 bits per heavy atom. The minimum Gasteiger partial charge on any atom is -0.373 e. The molecule has 0 radical (unpaired) electrons. The summed E-state index contributed by atoms with van der Waals surface area (Å²) in [7, 11) is 0. The smallest absolute Gasteiger partial charge is 0.0874 e. The zero-order valence-corrected chi connectivity index (χ0v) is 12.2. The van der Waals surface area contributed by atoms with Gasteiger partial charge in [0.25, 0.3) is 0 Å². The van der Waals surface area contributed by atoms with E-state index >= 15 is 0 Å². The molecule has 0 bridgehead atoms. The van der Waals surface area contributed by atoms with E-state index in [0.717, 1.165) is 25.0 Å². The lowest BCUT2D eigenvalue weighted by molar-refractivity contribution is -0.0697. The van der Waals surface area contributed by atoms with E-state index in [4.69, 9.17) is 10.5 Å². The van der Waals surface area contributed by atoms with E-state index in [1.54, 1.807) is 0 Å². The van der Waals surface area contributed by atoms with Crippen LogP contribution in [0.5, 0.6) is 0 Å². The Morgan fingerprint density at radius 2 is 2.00 bits per heavy atom. The van der Waals surface area contributed by atoms with Crippen LogP contribution in [0.4, 0.5) is 0 Å². The molecule has 1 aliphatic rings. The minimum atomic E-state index is -0.195. The van der Waals surface area contributed by atoms with Gasteiger partial charge in [0.15, 0.2) is 0 Å². The third-order valence-electron chi connectivity index (χ3n) is 4.36. The fourth-order valence-electron chi connectivity index (χ4n) is 3.24. The molecular formula is C16H26N2O. The summed E-state index contributed by atoms with van der Waals surface area (Å²) in [6, 6.07) is 1.96. The topological polar surface area (TPSA) is 48.1 Å². The van der Waals surface area contributed by atoms with Crippen molar-refractivity contribution in [1.29, 1.82) is 0 Å². The average molecular weight is 262 g/mol. The zero-order valence-electron chi connectivity index (χ0n) is 12.2. The Labute approximate surface area is 116 Å². The Hall–Kier alpha value is -0.930. The van der Waals surface area contributed by atoms with Gasteiger partial charge in [0.1, 0.15) is 0 Å². The first-order valence-corrected chi connectivity index (χ1v) is 7.49. The molecule has 1 fully saturated rings. The maximum absolute atomic E-state index is 6.60. The summed E-state index contributed by atoms with van der Waals surface area (Å²) in [4.78, 5) is 4.24. The van der Waals surface area contributed by atoms with Crippen LogP contribution in [0.1, 0.15) is 62.6 Å². The molecule has 0 amide bonds. The second-order valence-electron chi connectivity index (χ2n) is 5.62. The van der Waals surface area contributed by atoms with Crippen molar-refractivity contribution < 1.29 is 4.74 Å². The number of pyridine rings is 1. The third kappa shape index (κ3) is 3.15. The molecule has 1 aromatic rings. The second-order valence-corrected chi connectivity index (χ2v) is 5.62. The maximum Gasteiger partial charge on any atom is 0.0874 e. The van der Waals surface area contributed by atoms with Crippen molar-refractivity contribution in [3.05, 3.63) is 29.6 Å². The first kappa shape index (κ1) is 14.5. The maximum atomic E-state index is 6.60. The molecule has 1 saturated carbocycles. The highest BCUT2D eigenvalue weighted by Crippen LogP contribution is 2.39. The van der Waals surface area contributed by atoms with Crippen molar-refractivity contribution in [1.82, 2.24) is 4.98 Å². The highest BCUT2D eigenvalue weighted by atomic mass is 16.5. The first-order chi connectivity index (χ1) is 9.19. The molecule has 2 rings (SSSR count). The predicted octanol–water partition coefficient (Wildman–Crippen LogP) is 3.52. The van der Waals surface area contributed by atoms with E-state index < -0.39 is 0 Å². The number of rotatable bonds is 4. The molecule has 0 saturated heterocycles. The lowest BCUT2D eigenvalue weighted by atomic mass is 9.82. The van der Waals surface area contributed by atoms with Crippen molar-refractivity contribution in [2.24, 2.45) is 5.73 Å². The summed E-state index contributed by atoms with van der Waals surface area (Å²) in [5.41, 5.74) is 8.75. The normalized spacial score (nSPS) is 20.8. The number of nitrogens with two attached hydrogens (primary N) is 1. The highest BCUT2D eigenvalue weighted by Gasteiger charge is 2.39. The zero-order chi connectivity index (χ0) is 13.7. The van der Waals surface area contributed by atoms with Gasteiger partial charge in [-0.2, -0.15) is 0 Å². The summed E-state index contributed by atoms with van der Waals surface area (Å²) < 4.78 is 6.17. The van der Waals surface area contributed by atoms with E-state index in [1.165, 1.54) is 31.2 Å². The van der Waals surface area contributed by atoms with Crippen LogP contribution in [-0.2, 0) is 4.74 Å². The Morgan fingerprint density at radius 1 is 1.32 bits per heavy atom. The molecular weight excluding hydrogens is 236 g/mol. The van der Waals surface area contributed by atoms with E-state index in [-0.39, 0.29) is 11.6 Å². The minimum absolute atomic E-state index is 0.0701. The van der Waals surface area contributed by atoms with E-state index in [2.05, 4.69) is 18.8 Å². The fourth-order valence-corrected chi connectivity index (χ4v) is 3.24. The van der Waals surface area contributed by atoms with E-state index in [1.807, 2.05) is 18.5 Å². The SMILES string of the molecule is CCOC1(C(N)c2cnccc2C)CCCCCC1. The number of hydrogen-bond acceptors (Lipinski definition) is 3. The van der Waals surface area contributed by atoms with Gasteiger partial charge in [-0.1, -0.05) is 25.7 Å². The van der Waals surface area contributed by atoms with Crippen LogP contribution in [0.3, 0.4) is 0 Å². The van der Waals surface area contributed by atoms with Gasteiger partial charge in [-0.25, -0.2) is 0 Å². The largest absolute Gasteiger partial charge is 0.373 e. The van der Waals surface area contributed by atoms with Gasteiger partial charge >= 0.3 is 0 Å². The number of ether oxygens (including phenoxy) is 1. The number of nitrogens with zero attached hydrogens (tertiary/aromatic N) is 1. The van der Waals surface area contributed by atoms with Gasteiger partial charge < -0.3 is 10.5 Å². The van der Waals surface area contributed by atoms with Crippen molar-refractivity contribution >= 4 is 0 Å². The first-order valence-electron chi connectivity index (χ1n) is 7.49. The molecule has 106 valence electrons. The molecule has 1 atom stereocenters. The van der Waals surface area contributed by atoms with Crippen LogP contribution >= 0.6 is 0 Å². The molecule has 1 aromatic heterocycles. The third-order valence-corrected chi connectivity index (χ3v) is 4.36. The number of aromatic nitrogens is 1. The van der Waals surface area contributed by atoms with Crippen LogP contribution < -0.4 is 5.73 Å². The summed E-state index contributed by atoms with van der Waals surface area (Å²) in [5, 5.41) is 0. The molecule has 1 unspecified atom stereocenters. The Kier molecular flexibility index (Phi) is 4.94. The van der Waals surface area contributed by atoms with Crippen LogP contribution in [0.2, 0.25) is 0 Å². The Balaban J connectivity index is 2.29.